The average Bonchev–Trinajstić information content (AvgIpc) is 3.30. The lowest BCUT2D eigenvalue weighted by Gasteiger charge is -2.38. The molecule has 0 saturated carbocycles. The van der Waals surface area contributed by atoms with Crippen LogP contribution in [0.3, 0.4) is 0 Å². The Bertz CT molecular complexity index is 932. The average molecular weight is 425 g/mol. The number of aryl methyl sites for hydroxylation is 1. The maximum absolute atomic E-state index is 2.81. The zero-order valence-corrected chi connectivity index (χ0v) is 19.2. The summed E-state index contributed by atoms with van der Waals surface area (Å²) in [5.74, 6) is 1.35. The molecule has 0 radical (unpaired) electrons. The lowest BCUT2D eigenvalue weighted by Crippen LogP contribution is -2.44. The van der Waals surface area contributed by atoms with Crippen molar-refractivity contribution in [2.45, 2.75) is 43.6 Å². The van der Waals surface area contributed by atoms with Crippen LogP contribution in [0.5, 0.6) is 0 Å². The van der Waals surface area contributed by atoms with Crippen LogP contribution in [0, 0.1) is 0 Å². The van der Waals surface area contributed by atoms with E-state index in [1.54, 1.807) is 0 Å². The highest BCUT2D eigenvalue weighted by atomic mass is 15.3. The topological polar surface area (TPSA) is 6.48 Å². The molecule has 2 heteroatoms. The van der Waals surface area contributed by atoms with Gasteiger partial charge in [-0.2, -0.15) is 0 Å². The van der Waals surface area contributed by atoms with Crippen LogP contribution in [0.2, 0.25) is 0 Å². The van der Waals surface area contributed by atoms with E-state index in [9.17, 15) is 0 Å². The fourth-order valence-electron chi connectivity index (χ4n) is 5.89. The van der Waals surface area contributed by atoms with E-state index in [2.05, 4.69) is 101 Å². The van der Waals surface area contributed by atoms with Crippen molar-refractivity contribution >= 4 is 0 Å². The molecule has 32 heavy (non-hydrogen) atoms. The van der Waals surface area contributed by atoms with Crippen molar-refractivity contribution in [1.82, 2.24) is 9.80 Å². The van der Waals surface area contributed by atoms with E-state index in [0.717, 1.165) is 5.92 Å². The van der Waals surface area contributed by atoms with Gasteiger partial charge in [-0.1, -0.05) is 91.0 Å². The Hall–Kier alpha value is -2.42. The smallest absolute Gasteiger partial charge is 0.0304 e. The fraction of sp³-hybridized carbons (Fsp3) is 0.400. The third-order valence-corrected chi connectivity index (χ3v) is 7.64. The van der Waals surface area contributed by atoms with Crippen LogP contribution in [0.25, 0.3) is 0 Å². The van der Waals surface area contributed by atoms with Gasteiger partial charge in [-0.05, 0) is 67.9 Å². The molecule has 2 nitrogen and oxygen atoms in total. The van der Waals surface area contributed by atoms with E-state index in [-0.39, 0.29) is 0 Å². The van der Waals surface area contributed by atoms with Gasteiger partial charge in [0.05, 0.1) is 0 Å². The van der Waals surface area contributed by atoms with Crippen molar-refractivity contribution in [3.63, 3.8) is 0 Å². The number of benzene rings is 3. The third kappa shape index (κ3) is 5.14. The second-order valence-electron chi connectivity index (χ2n) is 9.65. The molecule has 166 valence electrons. The van der Waals surface area contributed by atoms with E-state index >= 15 is 0 Å². The van der Waals surface area contributed by atoms with Crippen molar-refractivity contribution in [3.8, 4) is 0 Å². The molecule has 0 amide bonds. The minimum Gasteiger partial charge on any atom is -0.301 e. The highest BCUT2D eigenvalue weighted by molar-refractivity contribution is 5.25. The molecule has 0 spiro atoms. The zero-order valence-electron chi connectivity index (χ0n) is 19.2. The second kappa shape index (κ2) is 10.5. The van der Waals surface area contributed by atoms with Crippen LogP contribution in [-0.2, 0) is 6.42 Å². The monoisotopic (exact) mass is 424 g/mol. The van der Waals surface area contributed by atoms with Gasteiger partial charge < -0.3 is 4.90 Å². The number of likely N-dealkylation sites (tertiary alicyclic amines) is 2. The van der Waals surface area contributed by atoms with E-state index < -0.39 is 0 Å². The van der Waals surface area contributed by atoms with E-state index in [4.69, 9.17) is 0 Å². The normalized spacial score (nSPS) is 22.9. The Morgan fingerprint density at radius 1 is 0.656 bits per heavy atom. The number of hydrogen-bond donors (Lipinski definition) is 0. The molecule has 3 aromatic carbocycles. The summed E-state index contributed by atoms with van der Waals surface area (Å²) in [5, 5.41) is 0. The predicted octanol–water partition coefficient (Wildman–Crippen LogP) is 5.97. The first-order valence-electron chi connectivity index (χ1n) is 12.5. The highest BCUT2D eigenvalue weighted by Crippen LogP contribution is 2.35. The summed E-state index contributed by atoms with van der Waals surface area (Å²) >= 11 is 0. The fourth-order valence-corrected chi connectivity index (χ4v) is 5.89. The van der Waals surface area contributed by atoms with Gasteiger partial charge in [0.1, 0.15) is 0 Å². The molecule has 2 saturated heterocycles. The zero-order chi connectivity index (χ0) is 21.6. The first-order valence-corrected chi connectivity index (χ1v) is 12.5. The Morgan fingerprint density at radius 2 is 1.25 bits per heavy atom. The molecule has 0 N–H and O–H groups in total. The predicted molar refractivity (Wildman–Crippen MR) is 134 cm³/mol. The van der Waals surface area contributed by atoms with Gasteiger partial charge in [-0.15, -0.1) is 0 Å². The summed E-state index contributed by atoms with van der Waals surface area (Å²) in [4.78, 5) is 5.54. The lowest BCUT2D eigenvalue weighted by molar-refractivity contribution is 0.143. The maximum atomic E-state index is 2.81. The van der Waals surface area contributed by atoms with Gasteiger partial charge >= 0.3 is 0 Å². The molecule has 0 unspecified atom stereocenters. The molecule has 5 rings (SSSR count). The summed E-state index contributed by atoms with van der Waals surface area (Å²) in [6.45, 7) is 6.07. The summed E-state index contributed by atoms with van der Waals surface area (Å²) in [6, 6.07) is 34.0. The van der Waals surface area contributed by atoms with E-state index in [1.165, 1.54) is 75.1 Å². The molecule has 2 aliphatic heterocycles. The van der Waals surface area contributed by atoms with Gasteiger partial charge in [0.25, 0.3) is 0 Å². The second-order valence-corrected chi connectivity index (χ2v) is 9.65. The quantitative estimate of drug-likeness (QED) is 0.461. The van der Waals surface area contributed by atoms with Gasteiger partial charge in [0, 0.05) is 25.0 Å². The summed E-state index contributed by atoms with van der Waals surface area (Å²) < 4.78 is 0. The molecule has 2 heterocycles. The van der Waals surface area contributed by atoms with Gasteiger partial charge in [-0.25, -0.2) is 0 Å². The van der Waals surface area contributed by atoms with Crippen LogP contribution >= 0.6 is 0 Å². The SMILES string of the molecule is c1ccc(CCCN2C[C@@H](N3CCC(c4ccccc4)CC3)[C@H](c3ccccc3)C2)cc1. The summed E-state index contributed by atoms with van der Waals surface area (Å²) in [7, 11) is 0. The van der Waals surface area contributed by atoms with Gasteiger partial charge in [0.15, 0.2) is 0 Å². The molecule has 0 aromatic heterocycles. The standard InChI is InChI=1S/C30H36N2/c1-4-11-25(12-5-1)13-10-20-31-23-29(28-16-8-3-9-17-28)30(24-31)32-21-18-27(19-22-32)26-14-6-2-7-15-26/h1-9,11-12,14-17,27,29-30H,10,13,18-24H2/t29-,30+/m0/s1. The molecular weight excluding hydrogens is 388 g/mol. The van der Waals surface area contributed by atoms with Crippen LogP contribution in [0.4, 0.5) is 0 Å². The van der Waals surface area contributed by atoms with Crippen molar-refractivity contribution in [3.05, 3.63) is 108 Å². The number of hydrogen-bond acceptors (Lipinski definition) is 2. The van der Waals surface area contributed by atoms with Gasteiger partial charge in [-0.3, -0.25) is 4.90 Å². The number of rotatable bonds is 7. The van der Waals surface area contributed by atoms with Crippen molar-refractivity contribution < 1.29 is 0 Å². The largest absolute Gasteiger partial charge is 0.301 e. The third-order valence-electron chi connectivity index (χ3n) is 7.64. The summed E-state index contributed by atoms with van der Waals surface area (Å²) in [5.41, 5.74) is 4.51. The van der Waals surface area contributed by atoms with Crippen molar-refractivity contribution in [1.29, 1.82) is 0 Å². The molecule has 0 aliphatic carbocycles. The summed E-state index contributed by atoms with van der Waals surface area (Å²) in [6.07, 6.45) is 5.00. The number of piperidine rings is 1. The Balaban J connectivity index is 1.22. The minimum absolute atomic E-state index is 0.626. The van der Waals surface area contributed by atoms with Crippen LogP contribution in [0.15, 0.2) is 91.0 Å². The molecule has 3 aromatic rings. The van der Waals surface area contributed by atoms with Crippen LogP contribution in [0.1, 0.15) is 47.8 Å². The van der Waals surface area contributed by atoms with E-state index in [0.29, 0.717) is 12.0 Å². The molecule has 2 aliphatic rings. The van der Waals surface area contributed by atoms with Crippen LogP contribution < -0.4 is 0 Å². The van der Waals surface area contributed by atoms with Crippen LogP contribution in [-0.4, -0.2) is 48.6 Å². The molecular formula is C30H36N2. The highest BCUT2D eigenvalue weighted by Gasteiger charge is 2.38. The Kier molecular flexibility index (Phi) is 7.01. The number of nitrogens with zero attached hydrogens (tertiary/aromatic N) is 2. The molecule has 0 bridgehead atoms. The molecule has 2 fully saturated rings. The minimum atomic E-state index is 0.626. The molecule has 2 atom stereocenters. The van der Waals surface area contributed by atoms with E-state index in [1.807, 2.05) is 0 Å². The Labute approximate surface area is 193 Å². The van der Waals surface area contributed by atoms with Crippen molar-refractivity contribution in [2.24, 2.45) is 0 Å². The van der Waals surface area contributed by atoms with Gasteiger partial charge in [0.2, 0.25) is 0 Å². The maximum Gasteiger partial charge on any atom is 0.0304 e. The first-order chi connectivity index (χ1) is 15.9. The first kappa shape index (κ1) is 21.4. The Morgan fingerprint density at radius 3 is 1.91 bits per heavy atom. The lowest BCUT2D eigenvalue weighted by atomic mass is 9.87. The van der Waals surface area contributed by atoms with Crippen molar-refractivity contribution in [2.75, 3.05) is 32.7 Å².